The highest BCUT2D eigenvalue weighted by Crippen LogP contribution is 2.35. The molecule has 0 bridgehead atoms. The Hall–Kier alpha value is -1.22. The van der Waals surface area contributed by atoms with E-state index in [4.69, 9.17) is 5.73 Å². The molecule has 7 nitrogen and oxygen atoms in total. The molecule has 9 heteroatoms. The number of nitrogens with two attached hydrogens (primary N) is 1. The lowest BCUT2D eigenvalue weighted by Crippen LogP contribution is -2.53. The molecule has 1 unspecified atom stereocenters. The van der Waals surface area contributed by atoms with Crippen molar-refractivity contribution in [2.75, 3.05) is 13.1 Å². The average molecular weight is 364 g/mol. The third-order valence-corrected chi connectivity index (χ3v) is 6.30. The molecule has 0 spiro atoms. The van der Waals surface area contributed by atoms with Crippen LogP contribution in [0.25, 0.3) is 0 Å². The molecule has 0 saturated carbocycles. The Bertz CT molecular complexity index is 706. The smallest absolute Gasteiger partial charge is 0.289 e. The van der Waals surface area contributed by atoms with Crippen molar-refractivity contribution in [1.82, 2.24) is 4.31 Å². The van der Waals surface area contributed by atoms with Crippen LogP contribution in [0.15, 0.2) is 23.1 Å². The monoisotopic (exact) mass is 363 g/mol. The topological polar surface area (TPSA) is 107 Å². The van der Waals surface area contributed by atoms with E-state index in [1.807, 2.05) is 13.8 Å². The van der Waals surface area contributed by atoms with Gasteiger partial charge in [-0.2, -0.15) is 4.31 Å². The highest BCUT2D eigenvalue weighted by molar-refractivity contribution is 7.89. The van der Waals surface area contributed by atoms with E-state index in [1.54, 1.807) is 13.0 Å². The second-order valence-electron chi connectivity index (χ2n) is 6.40. The molecule has 130 valence electrons. The molecule has 0 radical (unpaired) electrons. The molecule has 1 fully saturated rings. The SMILES string of the molecule is Cc1cccc([N+](=O)[O-])c1S(=O)(=O)N1CCC(N)C(C)(C)C1.Cl. The number of hydrogen-bond donors (Lipinski definition) is 1. The number of nitrogens with zero attached hydrogens (tertiary/aromatic N) is 2. The van der Waals surface area contributed by atoms with Crippen molar-refractivity contribution >= 4 is 28.1 Å². The van der Waals surface area contributed by atoms with Crippen LogP contribution in [0.1, 0.15) is 25.8 Å². The van der Waals surface area contributed by atoms with Crippen LogP contribution in [0.4, 0.5) is 5.69 Å². The van der Waals surface area contributed by atoms with E-state index in [0.29, 0.717) is 12.0 Å². The zero-order chi connectivity index (χ0) is 16.7. The van der Waals surface area contributed by atoms with Crippen LogP contribution >= 0.6 is 12.4 Å². The van der Waals surface area contributed by atoms with E-state index >= 15 is 0 Å². The molecule has 1 aliphatic rings. The van der Waals surface area contributed by atoms with Crippen molar-refractivity contribution in [2.45, 2.75) is 38.1 Å². The molecule has 1 aromatic carbocycles. The molecule has 1 aliphatic heterocycles. The van der Waals surface area contributed by atoms with Crippen molar-refractivity contribution < 1.29 is 13.3 Å². The van der Waals surface area contributed by atoms with Gasteiger partial charge in [0, 0.05) is 25.2 Å². The first-order chi connectivity index (χ1) is 10.1. The lowest BCUT2D eigenvalue weighted by Gasteiger charge is -2.41. The standard InChI is InChI=1S/C14H21N3O4S.ClH/c1-10-5-4-6-11(17(18)19)13(10)22(20,21)16-8-7-12(15)14(2,3)9-16;/h4-6,12H,7-9,15H2,1-3H3;1H. The predicted molar refractivity (Wildman–Crippen MR) is 90.2 cm³/mol. The molecule has 1 saturated heterocycles. The number of halogens is 1. The van der Waals surface area contributed by atoms with Crippen molar-refractivity contribution in [2.24, 2.45) is 11.1 Å². The zero-order valence-corrected chi connectivity index (χ0v) is 15.0. The number of nitro groups is 1. The van der Waals surface area contributed by atoms with Gasteiger partial charge >= 0.3 is 0 Å². The van der Waals surface area contributed by atoms with Crippen LogP contribution in [0, 0.1) is 22.5 Å². The summed E-state index contributed by atoms with van der Waals surface area (Å²) in [6.45, 7) is 5.92. The molecule has 23 heavy (non-hydrogen) atoms. The highest BCUT2D eigenvalue weighted by Gasteiger charge is 2.41. The van der Waals surface area contributed by atoms with Crippen LogP contribution in [0.5, 0.6) is 0 Å². The van der Waals surface area contributed by atoms with Gasteiger partial charge in [-0.1, -0.05) is 26.0 Å². The largest absolute Gasteiger partial charge is 0.327 e. The van der Waals surface area contributed by atoms with Gasteiger partial charge in [0.15, 0.2) is 4.90 Å². The van der Waals surface area contributed by atoms with Crippen molar-refractivity contribution in [3.63, 3.8) is 0 Å². The van der Waals surface area contributed by atoms with E-state index in [2.05, 4.69) is 0 Å². The Labute approximate surface area is 142 Å². The maximum Gasteiger partial charge on any atom is 0.289 e. The average Bonchev–Trinajstić information content (AvgIpc) is 2.40. The molecular weight excluding hydrogens is 342 g/mol. The van der Waals surface area contributed by atoms with E-state index in [1.165, 1.54) is 16.4 Å². The number of nitro benzene ring substituents is 1. The first kappa shape index (κ1) is 19.8. The Kier molecular flexibility index (Phi) is 5.79. The first-order valence-electron chi connectivity index (χ1n) is 7.07. The second kappa shape index (κ2) is 6.72. The van der Waals surface area contributed by atoms with E-state index in [0.717, 1.165) is 0 Å². The molecule has 0 amide bonds. The summed E-state index contributed by atoms with van der Waals surface area (Å²) in [5.74, 6) is 0. The summed E-state index contributed by atoms with van der Waals surface area (Å²) in [4.78, 5) is 10.3. The van der Waals surface area contributed by atoms with E-state index in [-0.39, 0.29) is 47.5 Å². The summed E-state index contributed by atoms with van der Waals surface area (Å²) >= 11 is 0. The zero-order valence-electron chi connectivity index (χ0n) is 13.4. The van der Waals surface area contributed by atoms with Crippen molar-refractivity contribution in [3.8, 4) is 0 Å². The second-order valence-corrected chi connectivity index (χ2v) is 8.28. The normalized spacial score (nSPS) is 21.5. The fraction of sp³-hybridized carbons (Fsp3) is 0.571. The lowest BCUT2D eigenvalue weighted by molar-refractivity contribution is -0.387. The number of hydrogen-bond acceptors (Lipinski definition) is 5. The van der Waals surface area contributed by atoms with Gasteiger partial charge in [-0.05, 0) is 24.3 Å². The summed E-state index contributed by atoms with van der Waals surface area (Å²) < 4.78 is 27.1. The van der Waals surface area contributed by atoms with Gasteiger partial charge in [0.1, 0.15) is 0 Å². The fourth-order valence-electron chi connectivity index (χ4n) is 2.78. The molecular formula is C14H22ClN3O4S. The van der Waals surface area contributed by atoms with Crippen molar-refractivity contribution in [3.05, 3.63) is 33.9 Å². The molecule has 1 aromatic rings. The number of aryl methyl sites for hydroxylation is 1. The summed E-state index contributed by atoms with van der Waals surface area (Å²) in [6.07, 6.45) is 0.534. The minimum absolute atomic E-state index is 0. The number of piperidine rings is 1. The van der Waals surface area contributed by atoms with Gasteiger partial charge in [-0.25, -0.2) is 8.42 Å². The van der Waals surface area contributed by atoms with Gasteiger partial charge in [0.05, 0.1) is 4.92 Å². The Morgan fingerprint density at radius 2 is 2.00 bits per heavy atom. The van der Waals surface area contributed by atoms with Crippen molar-refractivity contribution in [1.29, 1.82) is 0 Å². The summed E-state index contributed by atoms with van der Waals surface area (Å²) in [5.41, 5.74) is 5.66. The molecule has 1 atom stereocenters. The van der Waals surface area contributed by atoms with Crippen LogP contribution in [-0.4, -0.2) is 36.8 Å². The Balaban J connectivity index is 0.00000264. The molecule has 2 N–H and O–H groups in total. The number of benzene rings is 1. The van der Waals surface area contributed by atoms with Crippen LogP contribution in [0.2, 0.25) is 0 Å². The van der Waals surface area contributed by atoms with Gasteiger partial charge in [0.25, 0.3) is 5.69 Å². The first-order valence-corrected chi connectivity index (χ1v) is 8.51. The summed E-state index contributed by atoms with van der Waals surface area (Å²) in [5, 5.41) is 11.2. The van der Waals surface area contributed by atoms with Gasteiger partial charge in [-0.3, -0.25) is 10.1 Å². The lowest BCUT2D eigenvalue weighted by atomic mass is 9.81. The molecule has 0 aliphatic carbocycles. The van der Waals surface area contributed by atoms with Gasteiger partial charge in [-0.15, -0.1) is 12.4 Å². The van der Waals surface area contributed by atoms with Gasteiger partial charge < -0.3 is 5.73 Å². The number of sulfonamides is 1. The third-order valence-electron chi connectivity index (χ3n) is 4.26. The molecule has 2 rings (SSSR count). The third kappa shape index (κ3) is 3.65. The highest BCUT2D eigenvalue weighted by atomic mass is 35.5. The Morgan fingerprint density at radius 3 is 2.52 bits per heavy atom. The maximum atomic E-state index is 12.9. The Morgan fingerprint density at radius 1 is 1.39 bits per heavy atom. The summed E-state index contributed by atoms with van der Waals surface area (Å²) in [7, 11) is -3.93. The summed E-state index contributed by atoms with van der Waals surface area (Å²) in [6, 6.07) is 4.19. The predicted octanol–water partition coefficient (Wildman–Crippen LogP) is 2.07. The van der Waals surface area contributed by atoms with Crippen LogP contribution in [-0.2, 0) is 10.0 Å². The fourth-order valence-corrected chi connectivity index (χ4v) is 4.76. The van der Waals surface area contributed by atoms with E-state index in [9.17, 15) is 18.5 Å². The van der Waals surface area contributed by atoms with Gasteiger partial charge in [0.2, 0.25) is 10.0 Å². The van der Waals surface area contributed by atoms with Crippen LogP contribution in [0.3, 0.4) is 0 Å². The molecule has 1 heterocycles. The van der Waals surface area contributed by atoms with Crippen LogP contribution < -0.4 is 5.73 Å². The molecule has 0 aromatic heterocycles. The van der Waals surface area contributed by atoms with E-state index < -0.39 is 14.9 Å². The minimum atomic E-state index is -3.93. The quantitative estimate of drug-likeness (QED) is 0.653. The number of rotatable bonds is 3. The minimum Gasteiger partial charge on any atom is -0.327 e. The maximum absolute atomic E-state index is 12.9.